The van der Waals surface area contributed by atoms with Crippen LogP contribution >= 0.6 is 0 Å². The van der Waals surface area contributed by atoms with Crippen molar-refractivity contribution in [2.24, 2.45) is 0 Å². The minimum absolute atomic E-state index is 0.588. The number of piperazine rings is 1. The molecule has 1 aliphatic heterocycles. The number of anilines is 1. The molecule has 7 heteroatoms. The zero-order valence-corrected chi connectivity index (χ0v) is 20.9. The van der Waals surface area contributed by atoms with Gasteiger partial charge < -0.3 is 14.5 Å². The van der Waals surface area contributed by atoms with Gasteiger partial charge in [0.15, 0.2) is 0 Å². The molecule has 5 rings (SSSR count). The van der Waals surface area contributed by atoms with E-state index in [2.05, 4.69) is 57.6 Å². The summed E-state index contributed by atoms with van der Waals surface area (Å²) in [5, 5.41) is 14.4. The molecule has 35 heavy (non-hydrogen) atoms. The predicted octanol–water partition coefficient (Wildman–Crippen LogP) is 3.98. The van der Waals surface area contributed by atoms with Gasteiger partial charge in [0.05, 0.1) is 30.1 Å². The molecule has 0 radical (unpaired) electrons. The van der Waals surface area contributed by atoms with E-state index in [1.807, 2.05) is 30.3 Å². The average Bonchev–Trinajstić information content (AvgIpc) is 3.69. The number of likely N-dealkylation sites (N-methyl/N-ethyl adjacent to an activating group) is 1. The van der Waals surface area contributed by atoms with Gasteiger partial charge in [-0.2, -0.15) is 10.4 Å². The average molecular weight is 471 g/mol. The number of rotatable bonds is 8. The van der Waals surface area contributed by atoms with Crippen LogP contribution in [0.15, 0.2) is 48.5 Å². The lowest BCUT2D eigenvalue weighted by molar-refractivity contribution is 0.245. The zero-order chi connectivity index (χ0) is 24.4. The van der Waals surface area contributed by atoms with E-state index in [0.717, 1.165) is 62.0 Å². The van der Waals surface area contributed by atoms with E-state index < -0.39 is 0 Å². The number of nitrogens with zero attached hydrogens (tertiary/aromatic N) is 6. The highest BCUT2D eigenvalue weighted by Gasteiger charge is 2.32. The van der Waals surface area contributed by atoms with Crippen LogP contribution in [0.4, 0.5) is 5.82 Å². The lowest BCUT2D eigenvalue weighted by atomic mass is 10.1. The first kappa shape index (κ1) is 23.4. The molecule has 1 saturated carbocycles. The molecule has 1 aliphatic carbocycles. The van der Waals surface area contributed by atoms with Crippen LogP contribution in [-0.4, -0.2) is 66.0 Å². The second-order valence-corrected chi connectivity index (χ2v) is 9.74. The van der Waals surface area contributed by atoms with Gasteiger partial charge in [-0.1, -0.05) is 12.1 Å². The fourth-order valence-corrected chi connectivity index (χ4v) is 4.91. The molecule has 0 atom stereocenters. The normalized spacial score (nSPS) is 16.5. The van der Waals surface area contributed by atoms with Crippen molar-refractivity contribution in [1.29, 1.82) is 5.26 Å². The molecular weight excluding hydrogens is 436 g/mol. The number of ether oxygens (including phenoxy) is 1. The van der Waals surface area contributed by atoms with Gasteiger partial charge in [-0.15, -0.1) is 0 Å². The fraction of sp³-hybridized carbons (Fsp3) is 0.429. The van der Waals surface area contributed by atoms with Crippen molar-refractivity contribution >= 4 is 5.82 Å². The Morgan fingerprint density at radius 3 is 2.46 bits per heavy atom. The second-order valence-electron chi connectivity index (χ2n) is 9.74. The van der Waals surface area contributed by atoms with Crippen molar-refractivity contribution in [2.75, 3.05) is 45.2 Å². The lowest BCUT2D eigenvalue weighted by Gasteiger charge is -2.35. The molecule has 7 nitrogen and oxygen atoms in total. The van der Waals surface area contributed by atoms with Crippen LogP contribution in [0.3, 0.4) is 0 Å². The summed E-state index contributed by atoms with van der Waals surface area (Å²) < 4.78 is 7.50. The lowest BCUT2D eigenvalue weighted by Crippen LogP contribution is -2.45. The van der Waals surface area contributed by atoms with Crippen LogP contribution in [-0.2, 0) is 13.1 Å². The van der Waals surface area contributed by atoms with Crippen molar-refractivity contribution in [1.82, 2.24) is 19.6 Å². The molecule has 182 valence electrons. The molecule has 2 fully saturated rings. The smallest absolute Gasteiger partial charge is 0.137 e. The van der Waals surface area contributed by atoms with Crippen LogP contribution < -0.4 is 9.64 Å². The third-order valence-corrected chi connectivity index (χ3v) is 7.14. The van der Waals surface area contributed by atoms with Crippen molar-refractivity contribution in [3.63, 3.8) is 0 Å². The van der Waals surface area contributed by atoms with E-state index in [4.69, 9.17) is 9.84 Å². The molecule has 2 aromatic carbocycles. The van der Waals surface area contributed by atoms with Crippen LogP contribution in [0.2, 0.25) is 0 Å². The Labute approximate surface area is 208 Å². The van der Waals surface area contributed by atoms with Crippen molar-refractivity contribution in [2.45, 2.75) is 38.9 Å². The molecule has 2 heterocycles. The fourth-order valence-electron chi connectivity index (χ4n) is 4.91. The van der Waals surface area contributed by atoms with Crippen LogP contribution in [0.1, 0.15) is 35.2 Å². The largest absolute Gasteiger partial charge is 0.497 e. The van der Waals surface area contributed by atoms with Gasteiger partial charge in [0, 0.05) is 50.9 Å². The Bertz CT molecular complexity index is 1200. The molecule has 0 amide bonds. The zero-order valence-electron chi connectivity index (χ0n) is 20.9. The summed E-state index contributed by atoms with van der Waals surface area (Å²) in [4.78, 5) is 7.45. The minimum Gasteiger partial charge on any atom is -0.497 e. The van der Waals surface area contributed by atoms with Crippen molar-refractivity contribution in [3.8, 4) is 17.5 Å². The van der Waals surface area contributed by atoms with Gasteiger partial charge in [-0.25, -0.2) is 4.68 Å². The molecule has 0 N–H and O–H groups in total. The summed E-state index contributed by atoms with van der Waals surface area (Å²) in [6.07, 6.45) is 2.46. The summed E-state index contributed by atoms with van der Waals surface area (Å²) in [5.41, 5.74) is 5.34. The molecule has 0 bridgehead atoms. The maximum absolute atomic E-state index is 9.34. The topological polar surface area (TPSA) is 60.6 Å². The van der Waals surface area contributed by atoms with Gasteiger partial charge in [0.2, 0.25) is 0 Å². The van der Waals surface area contributed by atoms with E-state index in [-0.39, 0.29) is 0 Å². The Kier molecular flexibility index (Phi) is 6.76. The predicted molar refractivity (Wildman–Crippen MR) is 138 cm³/mol. The minimum atomic E-state index is 0.588. The van der Waals surface area contributed by atoms with Gasteiger partial charge in [-0.05, 0) is 68.8 Å². The van der Waals surface area contributed by atoms with Crippen LogP contribution in [0.5, 0.6) is 5.75 Å². The quantitative estimate of drug-likeness (QED) is 0.496. The SMILES string of the molecule is COc1ccc(-n2nc(C)c(CN(Cc3cccc(C#N)c3)C3CC3)c2N2CCN(C)CC2)cc1. The summed E-state index contributed by atoms with van der Waals surface area (Å²) in [6, 6.07) is 19.0. The standard InChI is InChI=1S/C28H34N6O/c1-21-27(20-33(24-7-8-24)19-23-6-4-5-22(17-23)18-29)28(32-15-13-31(2)14-16-32)34(30-21)25-9-11-26(35-3)12-10-25/h4-6,9-12,17,24H,7-8,13-16,19-20H2,1-3H3. The van der Waals surface area contributed by atoms with Crippen molar-refractivity contribution in [3.05, 3.63) is 70.9 Å². The monoisotopic (exact) mass is 470 g/mol. The van der Waals surface area contributed by atoms with Crippen LogP contribution in [0, 0.1) is 18.3 Å². The number of benzene rings is 2. The molecule has 0 unspecified atom stereocenters. The highest BCUT2D eigenvalue weighted by Crippen LogP contribution is 2.35. The first-order valence-corrected chi connectivity index (χ1v) is 12.4. The molecular formula is C28H34N6O. The Morgan fingerprint density at radius 1 is 1.06 bits per heavy atom. The highest BCUT2D eigenvalue weighted by atomic mass is 16.5. The van der Waals surface area contributed by atoms with Gasteiger partial charge in [-0.3, -0.25) is 4.90 Å². The Morgan fingerprint density at radius 2 is 1.80 bits per heavy atom. The second kappa shape index (κ2) is 10.1. The van der Waals surface area contributed by atoms with Gasteiger partial charge in [0.25, 0.3) is 0 Å². The van der Waals surface area contributed by atoms with E-state index in [0.29, 0.717) is 6.04 Å². The number of nitriles is 1. The molecule has 3 aromatic rings. The first-order chi connectivity index (χ1) is 17.1. The third kappa shape index (κ3) is 5.19. The maximum Gasteiger partial charge on any atom is 0.137 e. The summed E-state index contributed by atoms with van der Waals surface area (Å²) in [5.74, 6) is 2.05. The van der Waals surface area contributed by atoms with E-state index >= 15 is 0 Å². The summed E-state index contributed by atoms with van der Waals surface area (Å²) in [7, 11) is 3.88. The van der Waals surface area contributed by atoms with Gasteiger partial charge >= 0.3 is 0 Å². The Hall–Kier alpha value is -3.34. The van der Waals surface area contributed by atoms with E-state index in [1.165, 1.54) is 29.8 Å². The maximum atomic E-state index is 9.34. The molecule has 0 spiro atoms. The molecule has 1 aromatic heterocycles. The first-order valence-electron chi connectivity index (χ1n) is 12.4. The number of methoxy groups -OCH3 is 1. The summed E-state index contributed by atoms with van der Waals surface area (Å²) in [6.45, 7) is 7.88. The number of hydrogen-bond donors (Lipinski definition) is 0. The number of aryl methyl sites for hydroxylation is 1. The number of hydrogen-bond acceptors (Lipinski definition) is 6. The van der Waals surface area contributed by atoms with Gasteiger partial charge in [0.1, 0.15) is 11.6 Å². The van der Waals surface area contributed by atoms with Crippen LogP contribution in [0.25, 0.3) is 5.69 Å². The third-order valence-electron chi connectivity index (χ3n) is 7.14. The summed E-state index contributed by atoms with van der Waals surface area (Å²) >= 11 is 0. The number of aromatic nitrogens is 2. The Balaban J connectivity index is 1.50. The molecule has 2 aliphatic rings. The van der Waals surface area contributed by atoms with E-state index in [9.17, 15) is 5.26 Å². The molecule has 1 saturated heterocycles. The van der Waals surface area contributed by atoms with Crippen molar-refractivity contribution < 1.29 is 4.74 Å². The van der Waals surface area contributed by atoms with E-state index in [1.54, 1.807) is 7.11 Å². The highest BCUT2D eigenvalue weighted by molar-refractivity contribution is 5.56.